The maximum absolute atomic E-state index is 14.2. The summed E-state index contributed by atoms with van der Waals surface area (Å²) in [6.45, 7) is 1.83. The molecule has 6 rings (SSSR count). The summed E-state index contributed by atoms with van der Waals surface area (Å²) in [6, 6.07) is 5.59. The van der Waals surface area contributed by atoms with Crippen LogP contribution in [-0.4, -0.2) is 36.9 Å². The number of nitrogens with one attached hydrogen (secondary N) is 1. The van der Waals surface area contributed by atoms with Crippen LogP contribution in [0.15, 0.2) is 22.6 Å². The predicted molar refractivity (Wildman–Crippen MR) is 123 cm³/mol. The van der Waals surface area contributed by atoms with E-state index in [0.717, 1.165) is 43.2 Å². The molecule has 0 radical (unpaired) electrons. The highest BCUT2D eigenvalue weighted by Gasteiger charge is 2.61. The number of benzene rings is 1. The Kier molecular flexibility index (Phi) is 5.01. The van der Waals surface area contributed by atoms with E-state index in [1.54, 1.807) is 13.1 Å². The van der Waals surface area contributed by atoms with Gasteiger partial charge in [-0.15, -0.1) is 4.36 Å². The molecule has 1 N–H and O–H groups in total. The molecule has 0 saturated heterocycles. The molecule has 0 aromatic heterocycles. The van der Waals surface area contributed by atoms with Crippen molar-refractivity contribution in [3.63, 3.8) is 0 Å². The van der Waals surface area contributed by atoms with E-state index < -0.39 is 15.9 Å². The van der Waals surface area contributed by atoms with Crippen LogP contribution in [0.1, 0.15) is 62.5 Å². The molecule has 0 heterocycles. The first-order valence-corrected chi connectivity index (χ1v) is 12.7. The second kappa shape index (κ2) is 7.37. The number of aryl methyl sites for hydroxylation is 1. The van der Waals surface area contributed by atoms with E-state index in [4.69, 9.17) is 12.2 Å². The number of hydrogen-bond donors (Lipinski definition) is 1. The van der Waals surface area contributed by atoms with Crippen molar-refractivity contribution in [3.8, 4) is 0 Å². The number of carbonyl (C=O) groups excluding carboxylic acids is 1. The summed E-state index contributed by atoms with van der Waals surface area (Å²) in [7, 11) is -0.728. The quantitative estimate of drug-likeness (QED) is 0.688. The van der Waals surface area contributed by atoms with Crippen LogP contribution < -0.4 is 5.32 Å². The summed E-state index contributed by atoms with van der Waals surface area (Å²) in [5, 5.41) is 3.63. The van der Waals surface area contributed by atoms with Crippen LogP contribution in [0.25, 0.3) is 0 Å². The maximum atomic E-state index is 14.2. The molecule has 4 bridgehead atoms. The molecule has 0 unspecified atom stereocenters. The zero-order valence-electron chi connectivity index (χ0n) is 18.1. The minimum Gasteiger partial charge on any atom is -0.365 e. The first kappa shape index (κ1) is 21.1. The number of rotatable bonds is 4. The zero-order valence-corrected chi connectivity index (χ0v) is 19.7. The molecule has 5 aliphatic carbocycles. The van der Waals surface area contributed by atoms with Crippen LogP contribution in [0, 0.1) is 24.7 Å². The van der Waals surface area contributed by atoms with Crippen molar-refractivity contribution in [2.45, 2.75) is 69.2 Å². The molecule has 0 atom stereocenters. The van der Waals surface area contributed by atoms with E-state index >= 15 is 0 Å². The van der Waals surface area contributed by atoms with Crippen molar-refractivity contribution < 1.29 is 13.2 Å². The monoisotopic (exact) mass is 459 g/mol. The summed E-state index contributed by atoms with van der Waals surface area (Å²) >= 11 is 5.73. The molecule has 8 heteroatoms. The normalized spacial score (nSPS) is 31.7. The molecule has 0 aliphatic heterocycles. The lowest BCUT2D eigenvalue weighted by molar-refractivity contribution is -0.143. The smallest absolute Gasteiger partial charge is 0.316 e. The van der Waals surface area contributed by atoms with Gasteiger partial charge in [0.1, 0.15) is 0 Å². The summed E-state index contributed by atoms with van der Waals surface area (Å²) in [4.78, 5) is 16.2. The fourth-order valence-corrected chi connectivity index (χ4v) is 7.66. The second-order valence-corrected chi connectivity index (χ2v) is 11.2. The molecule has 166 valence electrons. The van der Waals surface area contributed by atoms with Crippen molar-refractivity contribution in [3.05, 3.63) is 29.3 Å². The Morgan fingerprint density at radius 1 is 1.13 bits per heavy atom. The molecule has 1 aromatic carbocycles. The molecule has 0 spiro atoms. The Morgan fingerprint density at radius 3 is 2.19 bits per heavy atom. The molecule has 6 nitrogen and oxygen atoms in total. The van der Waals surface area contributed by atoms with Crippen molar-refractivity contribution in [2.24, 2.45) is 22.1 Å². The Morgan fingerprint density at radius 2 is 1.71 bits per heavy atom. The number of thiocarbonyl (C=S) groups is 1. The summed E-state index contributed by atoms with van der Waals surface area (Å²) in [6.07, 6.45) is 8.55. The fourth-order valence-electron chi connectivity index (χ4n) is 7.02. The van der Waals surface area contributed by atoms with Crippen LogP contribution in [0.2, 0.25) is 0 Å². The molecular formula is C23H29N3O3S2. The molecule has 5 aliphatic rings. The minimum absolute atomic E-state index is 0.0758. The molecule has 1 amide bonds. The van der Waals surface area contributed by atoms with E-state index in [1.165, 1.54) is 19.3 Å². The average Bonchev–Trinajstić information content (AvgIpc) is 3.50. The molecular weight excluding hydrogens is 430 g/mol. The van der Waals surface area contributed by atoms with Gasteiger partial charge in [0.2, 0.25) is 5.91 Å². The summed E-state index contributed by atoms with van der Waals surface area (Å²) in [5.74, 6) is 2.18. The van der Waals surface area contributed by atoms with E-state index in [9.17, 15) is 13.2 Å². The van der Waals surface area contributed by atoms with Crippen molar-refractivity contribution in [1.82, 2.24) is 10.2 Å². The van der Waals surface area contributed by atoms with Gasteiger partial charge in [0.15, 0.2) is 5.11 Å². The highest BCUT2D eigenvalue weighted by Crippen LogP contribution is 2.60. The van der Waals surface area contributed by atoms with Gasteiger partial charge in [-0.2, -0.15) is 8.42 Å². The third-order valence-electron chi connectivity index (χ3n) is 8.19. The van der Waals surface area contributed by atoms with Crippen LogP contribution in [-0.2, 0) is 20.7 Å². The summed E-state index contributed by atoms with van der Waals surface area (Å²) < 4.78 is 26.0. The van der Waals surface area contributed by atoms with E-state index in [0.29, 0.717) is 28.6 Å². The predicted octanol–water partition coefficient (Wildman–Crippen LogP) is 4.02. The van der Waals surface area contributed by atoms with Gasteiger partial charge < -0.3 is 5.32 Å². The molecule has 1 aromatic rings. The lowest BCUT2D eigenvalue weighted by atomic mass is 9.52. The Balaban J connectivity index is 1.54. The van der Waals surface area contributed by atoms with Gasteiger partial charge in [0.05, 0.1) is 16.6 Å². The minimum atomic E-state index is -2.53. The van der Waals surface area contributed by atoms with E-state index in [2.05, 4.69) is 9.68 Å². The Bertz CT molecular complexity index is 1050. The largest absolute Gasteiger partial charge is 0.365 e. The van der Waals surface area contributed by atoms with Gasteiger partial charge in [0, 0.05) is 7.05 Å². The number of nitrogens with zero attached hydrogens (tertiary/aromatic N) is 2. The van der Waals surface area contributed by atoms with Crippen LogP contribution in [0.5, 0.6) is 0 Å². The maximum Gasteiger partial charge on any atom is 0.316 e. The number of carbonyl (C=O) groups is 1. The second-order valence-electron chi connectivity index (χ2n) is 10.2. The summed E-state index contributed by atoms with van der Waals surface area (Å²) in [5.41, 5.74) is 1.23. The van der Waals surface area contributed by atoms with Gasteiger partial charge >= 0.3 is 10.5 Å². The van der Waals surface area contributed by atoms with Gasteiger partial charge in [-0.3, -0.25) is 9.69 Å². The number of hydrogen-bond acceptors (Lipinski definition) is 5. The topological polar surface area (TPSA) is 78.8 Å². The molecule has 31 heavy (non-hydrogen) atoms. The fraction of sp³-hybridized carbons (Fsp3) is 0.652. The van der Waals surface area contributed by atoms with Crippen molar-refractivity contribution in [2.75, 3.05) is 7.05 Å². The third-order valence-corrected chi connectivity index (χ3v) is 8.93. The van der Waals surface area contributed by atoms with Crippen LogP contribution in [0.3, 0.4) is 0 Å². The molecule has 5 saturated carbocycles. The van der Waals surface area contributed by atoms with Crippen molar-refractivity contribution in [1.29, 1.82) is 0 Å². The zero-order chi connectivity index (χ0) is 22.0. The SMILES string of the molecule is CNC(=S)N(C(=O)C1(c2ccc(C)c(N=S(=O)=O)c2)CC1)C12CC3CC(CC(C3)C1)C2. The van der Waals surface area contributed by atoms with Gasteiger partial charge in [0.25, 0.3) is 0 Å². The average molecular weight is 460 g/mol. The van der Waals surface area contributed by atoms with Gasteiger partial charge in [-0.05, 0) is 105 Å². The number of amides is 1. The highest BCUT2D eigenvalue weighted by atomic mass is 32.2. The molecule has 5 fully saturated rings. The standard InChI is InChI=1S/C23H29N3O3S2/c1-14-3-4-18(10-19(14)25-31(28)29)23(5-6-23)20(27)26(21(30)24-2)22-11-15-7-16(12-22)9-17(8-15)13-22/h3-4,10,15-17H,5-9,11-13H2,1-2H3,(H,24,30). The van der Waals surface area contributed by atoms with E-state index in [1.807, 2.05) is 24.0 Å². The first-order valence-electron chi connectivity index (χ1n) is 11.2. The third kappa shape index (κ3) is 3.42. The first-order chi connectivity index (χ1) is 14.8. The Hall–Kier alpha value is -1.80. The lowest BCUT2D eigenvalue weighted by Gasteiger charge is -2.60. The van der Waals surface area contributed by atoms with Crippen LogP contribution >= 0.6 is 12.2 Å². The van der Waals surface area contributed by atoms with E-state index in [-0.39, 0.29) is 11.4 Å². The lowest BCUT2D eigenvalue weighted by Crippen LogP contribution is -2.66. The van der Waals surface area contributed by atoms with Crippen molar-refractivity contribution >= 4 is 39.4 Å². The van der Waals surface area contributed by atoms with Gasteiger partial charge in [-0.1, -0.05) is 12.1 Å². The van der Waals surface area contributed by atoms with Gasteiger partial charge in [-0.25, -0.2) is 0 Å². The highest BCUT2D eigenvalue weighted by molar-refractivity contribution is 7.80. The van der Waals surface area contributed by atoms with Crippen LogP contribution in [0.4, 0.5) is 5.69 Å². The Labute approximate surface area is 190 Å².